The molecule has 0 amide bonds. The molecule has 0 saturated heterocycles. The molecule has 1 aromatic heterocycles. The zero-order chi connectivity index (χ0) is 19.4. The Morgan fingerprint density at radius 3 is 2.41 bits per heavy atom. The molecule has 1 unspecified atom stereocenters. The molecule has 140 valence electrons. The number of aromatic nitrogens is 1. The monoisotopic (exact) mass is 377 g/mol. The van der Waals surface area contributed by atoms with Crippen LogP contribution in [0.15, 0.2) is 48.5 Å². The maximum Gasteiger partial charge on any atom is 0.193 e. The first-order chi connectivity index (χ1) is 12.7. The zero-order valence-corrected chi connectivity index (χ0v) is 18.0. The highest BCUT2D eigenvalue weighted by Gasteiger charge is 2.42. The minimum absolute atomic E-state index is 0.0453. The third-order valence-corrected chi connectivity index (χ3v) is 10.5. The summed E-state index contributed by atoms with van der Waals surface area (Å²) in [5, 5.41) is 1.27. The highest BCUT2D eigenvalue weighted by Crippen LogP contribution is 2.49. The lowest BCUT2D eigenvalue weighted by Gasteiger charge is -2.38. The van der Waals surface area contributed by atoms with Crippen molar-refractivity contribution in [2.75, 3.05) is 7.11 Å². The Morgan fingerprint density at radius 1 is 0.963 bits per heavy atom. The van der Waals surface area contributed by atoms with Gasteiger partial charge in [-0.3, -0.25) is 0 Å². The Bertz CT molecular complexity index is 1020. The quantitative estimate of drug-likeness (QED) is 0.499. The number of nitrogens with zero attached hydrogens (tertiary/aromatic N) is 1. The van der Waals surface area contributed by atoms with Gasteiger partial charge in [-0.15, -0.1) is 0 Å². The second kappa shape index (κ2) is 6.18. The maximum absolute atomic E-state index is 6.88. The van der Waals surface area contributed by atoms with Crippen LogP contribution >= 0.6 is 0 Å². The third-order valence-electron chi connectivity index (χ3n) is 6.05. The van der Waals surface area contributed by atoms with Crippen LogP contribution in [0.4, 0.5) is 0 Å². The number of methoxy groups -OCH3 is 1. The van der Waals surface area contributed by atoms with E-state index in [9.17, 15) is 0 Å². The molecule has 0 N–H and O–H groups in total. The number of hydrogen-bond acceptors (Lipinski definition) is 3. The average Bonchev–Trinajstić information content (AvgIpc) is 2.91. The van der Waals surface area contributed by atoms with Gasteiger partial charge in [-0.2, -0.15) is 0 Å². The summed E-state index contributed by atoms with van der Waals surface area (Å²) in [6.07, 6.45) is -0.0453. The molecule has 1 heterocycles. The van der Waals surface area contributed by atoms with Gasteiger partial charge in [0.2, 0.25) is 0 Å². The van der Waals surface area contributed by atoms with E-state index in [1.165, 1.54) is 16.7 Å². The van der Waals surface area contributed by atoms with Gasteiger partial charge < -0.3 is 9.16 Å². The van der Waals surface area contributed by atoms with E-state index < -0.39 is 8.32 Å². The van der Waals surface area contributed by atoms with Crippen LogP contribution in [0.5, 0.6) is 5.75 Å². The molecule has 3 nitrogen and oxygen atoms in total. The maximum atomic E-state index is 6.88. The summed E-state index contributed by atoms with van der Waals surface area (Å²) in [5.41, 5.74) is 5.58. The molecule has 0 aliphatic heterocycles. The van der Waals surface area contributed by atoms with Crippen LogP contribution in [0.1, 0.15) is 38.0 Å². The number of pyridine rings is 1. The Labute approximate surface area is 162 Å². The summed E-state index contributed by atoms with van der Waals surface area (Å²) in [5.74, 6) is 0.829. The topological polar surface area (TPSA) is 31.4 Å². The van der Waals surface area contributed by atoms with Crippen LogP contribution in [0.3, 0.4) is 0 Å². The van der Waals surface area contributed by atoms with E-state index in [-0.39, 0.29) is 11.1 Å². The van der Waals surface area contributed by atoms with Gasteiger partial charge in [0.05, 0.1) is 24.4 Å². The molecule has 0 spiro atoms. The second-order valence-electron chi connectivity index (χ2n) is 8.83. The van der Waals surface area contributed by atoms with Gasteiger partial charge in [0, 0.05) is 22.6 Å². The smallest absolute Gasteiger partial charge is 0.193 e. The van der Waals surface area contributed by atoms with E-state index >= 15 is 0 Å². The van der Waals surface area contributed by atoms with Gasteiger partial charge in [-0.25, -0.2) is 4.98 Å². The van der Waals surface area contributed by atoms with Gasteiger partial charge in [-0.1, -0.05) is 45.0 Å². The molecular formula is C23H27NO2Si. The van der Waals surface area contributed by atoms with Crippen molar-refractivity contribution in [3.63, 3.8) is 0 Å². The molecule has 0 radical (unpaired) electrons. The van der Waals surface area contributed by atoms with Crippen molar-refractivity contribution < 1.29 is 9.16 Å². The van der Waals surface area contributed by atoms with Crippen molar-refractivity contribution in [2.45, 2.75) is 45.0 Å². The highest BCUT2D eigenvalue weighted by atomic mass is 28.4. The largest absolute Gasteiger partial charge is 0.497 e. The molecule has 2 aromatic carbocycles. The van der Waals surface area contributed by atoms with Crippen molar-refractivity contribution in [1.29, 1.82) is 0 Å². The fourth-order valence-electron chi connectivity index (χ4n) is 3.41. The van der Waals surface area contributed by atoms with E-state index in [0.717, 1.165) is 22.3 Å². The minimum Gasteiger partial charge on any atom is -0.497 e. The normalized spacial score (nSPS) is 16.3. The SMILES string of the molecule is COc1ccc2cc3c(nc2c1)-c1ccccc1C3O[Si](C)(C)C(C)(C)C. The Hall–Kier alpha value is -2.17. The summed E-state index contributed by atoms with van der Waals surface area (Å²) in [6, 6.07) is 16.8. The van der Waals surface area contributed by atoms with Crippen molar-refractivity contribution in [3.05, 3.63) is 59.7 Å². The van der Waals surface area contributed by atoms with Crippen LogP contribution in [-0.4, -0.2) is 20.4 Å². The van der Waals surface area contributed by atoms with Gasteiger partial charge in [0.1, 0.15) is 5.75 Å². The summed E-state index contributed by atoms with van der Waals surface area (Å²) in [4.78, 5) is 5.00. The summed E-state index contributed by atoms with van der Waals surface area (Å²) in [6.45, 7) is 11.5. The molecule has 4 rings (SSSR count). The van der Waals surface area contributed by atoms with Crippen LogP contribution < -0.4 is 4.74 Å². The molecule has 3 aromatic rings. The number of benzene rings is 2. The third kappa shape index (κ3) is 2.97. The Morgan fingerprint density at radius 2 is 1.70 bits per heavy atom. The second-order valence-corrected chi connectivity index (χ2v) is 13.6. The van der Waals surface area contributed by atoms with Crippen molar-refractivity contribution in [1.82, 2.24) is 4.98 Å². The van der Waals surface area contributed by atoms with E-state index in [0.29, 0.717) is 0 Å². The van der Waals surface area contributed by atoms with Gasteiger partial charge in [0.25, 0.3) is 0 Å². The molecule has 1 aliphatic rings. The average molecular weight is 378 g/mol. The van der Waals surface area contributed by atoms with Crippen LogP contribution in [0.25, 0.3) is 22.2 Å². The minimum atomic E-state index is -1.94. The Balaban J connectivity index is 1.89. The van der Waals surface area contributed by atoms with E-state index in [1.54, 1.807) is 7.11 Å². The first kappa shape index (κ1) is 18.2. The fourth-order valence-corrected chi connectivity index (χ4v) is 4.61. The first-order valence-corrected chi connectivity index (χ1v) is 12.4. The van der Waals surface area contributed by atoms with Gasteiger partial charge >= 0.3 is 0 Å². The Kier molecular flexibility index (Phi) is 4.17. The first-order valence-electron chi connectivity index (χ1n) is 9.47. The predicted octanol–water partition coefficient (Wildman–Crippen LogP) is 6.34. The van der Waals surface area contributed by atoms with Crippen molar-refractivity contribution in [2.24, 2.45) is 0 Å². The molecule has 4 heteroatoms. The van der Waals surface area contributed by atoms with E-state index in [4.69, 9.17) is 14.1 Å². The molecule has 0 saturated carbocycles. The number of ether oxygens (including phenoxy) is 1. The lowest BCUT2D eigenvalue weighted by Crippen LogP contribution is -2.41. The zero-order valence-electron chi connectivity index (χ0n) is 17.0. The summed E-state index contributed by atoms with van der Waals surface area (Å²) >= 11 is 0. The lowest BCUT2D eigenvalue weighted by molar-refractivity contribution is 0.226. The molecular weight excluding hydrogens is 350 g/mol. The lowest BCUT2D eigenvalue weighted by atomic mass is 10.1. The highest BCUT2D eigenvalue weighted by molar-refractivity contribution is 6.74. The van der Waals surface area contributed by atoms with Crippen molar-refractivity contribution in [3.8, 4) is 17.0 Å². The number of hydrogen-bond donors (Lipinski definition) is 0. The summed E-state index contributed by atoms with van der Waals surface area (Å²) < 4.78 is 12.3. The van der Waals surface area contributed by atoms with Crippen molar-refractivity contribution >= 4 is 19.2 Å². The van der Waals surface area contributed by atoms with Gasteiger partial charge in [-0.05, 0) is 41.9 Å². The number of rotatable bonds is 3. The molecule has 1 atom stereocenters. The molecule has 1 aliphatic carbocycles. The molecule has 0 fully saturated rings. The molecule has 0 bridgehead atoms. The van der Waals surface area contributed by atoms with E-state index in [1.807, 2.05) is 12.1 Å². The molecule has 27 heavy (non-hydrogen) atoms. The standard InChI is InChI=1S/C23H27NO2Si/c1-23(2,3)27(5,6)26-22-18-10-8-7-9-17(18)21-19(22)13-15-11-12-16(25-4)14-20(15)24-21/h7-14,22H,1-6H3. The number of fused-ring (bicyclic) bond motifs is 4. The van der Waals surface area contributed by atoms with Crippen LogP contribution in [0.2, 0.25) is 18.1 Å². The van der Waals surface area contributed by atoms with Crippen LogP contribution in [0, 0.1) is 0 Å². The van der Waals surface area contributed by atoms with Gasteiger partial charge in [0.15, 0.2) is 8.32 Å². The van der Waals surface area contributed by atoms with Crippen LogP contribution in [-0.2, 0) is 4.43 Å². The summed E-state index contributed by atoms with van der Waals surface area (Å²) in [7, 11) is -0.249. The fraction of sp³-hybridized carbons (Fsp3) is 0.348. The predicted molar refractivity (Wildman–Crippen MR) is 114 cm³/mol. The van der Waals surface area contributed by atoms with E-state index in [2.05, 4.69) is 70.3 Å².